The number of ether oxygens (including phenoxy) is 1. The van der Waals surface area contributed by atoms with E-state index in [1.165, 1.54) is 11.3 Å². The van der Waals surface area contributed by atoms with Gasteiger partial charge >= 0.3 is 0 Å². The van der Waals surface area contributed by atoms with Crippen molar-refractivity contribution in [1.29, 1.82) is 0 Å². The number of nitrogens with one attached hydrogen (secondary N) is 1. The van der Waals surface area contributed by atoms with E-state index in [0.717, 1.165) is 4.88 Å². The maximum Gasteiger partial charge on any atom is 0.241 e. The van der Waals surface area contributed by atoms with Crippen molar-refractivity contribution in [3.63, 3.8) is 0 Å². The van der Waals surface area contributed by atoms with Gasteiger partial charge in [0.15, 0.2) is 0 Å². The Morgan fingerprint density at radius 2 is 2.24 bits per heavy atom. The molecule has 0 unspecified atom stereocenters. The van der Waals surface area contributed by atoms with Crippen molar-refractivity contribution in [2.75, 3.05) is 13.2 Å². The van der Waals surface area contributed by atoms with Crippen LogP contribution in [0.1, 0.15) is 18.7 Å². The summed E-state index contributed by atoms with van der Waals surface area (Å²) in [5, 5.41) is 1.59. The van der Waals surface area contributed by atoms with E-state index in [2.05, 4.69) is 4.72 Å². The van der Waals surface area contributed by atoms with E-state index < -0.39 is 10.0 Å². The van der Waals surface area contributed by atoms with Crippen LogP contribution in [0, 0.1) is 0 Å². The number of sulfonamides is 1. The molecule has 1 aromatic rings. The molecule has 5 nitrogen and oxygen atoms in total. The first-order valence-electron chi connectivity index (χ1n) is 5.34. The van der Waals surface area contributed by atoms with Crippen LogP contribution in [-0.2, 0) is 21.3 Å². The summed E-state index contributed by atoms with van der Waals surface area (Å²) >= 11 is 1.35. The summed E-state index contributed by atoms with van der Waals surface area (Å²) in [6.45, 7) is 4.80. The van der Waals surface area contributed by atoms with Crippen molar-refractivity contribution in [2.45, 2.75) is 31.4 Å². The molecule has 17 heavy (non-hydrogen) atoms. The Kier molecular flexibility index (Phi) is 5.54. The largest absolute Gasteiger partial charge is 0.377 e. The van der Waals surface area contributed by atoms with Gasteiger partial charge in [0.1, 0.15) is 0 Å². The minimum absolute atomic E-state index is 0.101. The third-order valence-electron chi connectivity index (χ3n) is 1.99. The zero-order valence-electron chi connectivity index (χ0n) is 9.97. The average Bonchev–Trinajstić information content (AvgIpc) is 2.73. The smallest absolute Gasteiger partial charge is 0.241 e. The molecule has 1 aromatic heterocycles. The van der Waals surface area contributed by atoms with Gasteiger partial charge in [0.25, 0.3) is 0 Å². The Morgan fingerprint density at radius 3 is 2.76 bits per heavy atom. The third-order valence-corrected chi connectivity index (χ3v) is 4.54. The quantitative estimate of drug-likeness (QED) is 0.726. The summed E-state index contributed by atoms with van der Waals surface area (Å²) in [5.41, 5.74) is 5.44. The molecule has 0 aliphatic rings. The van der Waals surface area contributed by atoms with Crippen LogP contribution in [0.15, 0.2) is 16.3 Å². The molecular weight excluding hydrogens is 260 g/mol. The molecule has 3 N–H and O–H groups in total. The maximum absolute atomic E-state index is 11.8. The highest BCUT2D eigenvalue weighted by Gasteiger charge is 2.15. The lowest BCUT2D eigenvalue weighted by Gasteiger charge is -2.08. The van der Waals surface area contributed by atoms with E-state index in [1.807, 2.05) is 13.8 Å². The van der Waals surface area contributed by atoms with Gasteiger partial charge in [-0.3, -0.25) is 0 Å². The predicted molar refractivity (Wildman–Crippen MR) is 68.5 cm³/mol. The minimum Gasteiger partial charge on any atom is -0.377 e. The molecule has 0 radical (unpaired) electrons. The van der Waals surface area contributed by atoms with Gasteiger partial charge in [0.2, 0.25) is 10.0 Å². The van der Waals surface area contributed by atoms with Crippen LogP contribution in [0.3, 0.4) is 0 Å². The molecule has 7 heteroatoms. The lowest BCUT2D eigenvalue weighted by Crippen LogP contribution is -2.28. The molecule has 0 saturated heterocycles. The zero-order chi connectivity index (χ0) is 12.9. The monoisotopic (exact) mass is 278 g/mol. The fourth-order valence-corrected chi connectivity index (χ4v) is 3.33. The number of thiophene rings is 1. The van der Waals surface area contributed by atoms with Gasteiger partial charge in [-0.2, -0.15) is 0 Å². The first kappa shape index (κ1) is 14.6. The Labute approximate surface area is 106 Å². The summed E-state index contributed by atoms with van der Waals surface area (Å²) in [6, 6.07) is 1.59. The fraction of sp³-hybridized carbons (Fsp3) is 0.600. The molecular formula is C10H18N2O3S2. The second-order valence-electron chi connectivity index (χ2n) is 3.77. The van der Waals surface area contributed by atoms with Gasteiger partial charge in [0.05, 0.1) is 17.6 Å². The summed E-state index contributed by atoms with van der Waals surface area (Å²) in [4.78, 5) is 1.12. The molecule has 0 fully saturated rings. The van der Waals surface area contributed by atoms with E-state index in [9.17, 15) is 8.42 Å². The Morgan fingerprint density at radius 1 is 1.53 bits per heavy atom. The van der Waals surface area contributed by atoms with Gasteiger partial charge in [-0.05, 0) is 19.9 Å². The van der Waals surface area contributed by atoms with Crippen molar-refractivity contribution in [3.05, 3.63) is 16.3 Å². The normalized spacial score (nSPS) is 12.2. The van der Waals surface area contributed by atoms with E-state index in [1.54, 1.807) is 11.4 Å². The van der Waals surface area contributed by atoms with Crippen LogP contribution >= 0.6 is 11.3 Å². The lowest BCUT2D eigenvalue weighted by atomic mass is 10.5. The number of nitrogens with two attached hydrogens (primary N) is 1. The zero-order valence-corrected chi connectivity index (χ0v) is 11.6. The van der Waals surface area contributed by atoms with Crippen molar-refractivity contribution >= 4 is 21.4 Å². The average molecular weight is 278 g/mol. The van der Waals surface area contributed by atoms with E-state index >= 15 is 0 Å². The lowest BCUT2D eigenvalue weighted by molar-refractivity contribution is 0.0834. The van der Waals surface area contributed by atoms with Crippen LogP contribution in [-0.4, -0.2) is 27.7 Å². The summed E-state index contributed by atoms with van der Waals surface area (Å²) < 4.78 is 31.3. The number of hydrogen-bond donors (Lipinski definition) is 2. The molecule has 1 rings (SSSR count). The van der Waals surface area contributed by atoms with Crippen LogP contribution in [0.5, 0.6) is 0 Å². The first-order valence-corrected chi connectivity index (χ1v) is 7.70. The third kappa shape index (κ3) is 4.72. The van der Waals surface area contributed by atoms with Crippen molar-refractivity contribution < 1.29 is 13.2 Å². The Balaban J connectivity index is 2.51. The van der Waals surface area contributed by atoms with Crippen molar-refractivity contribution in [2.24, 2.45) is 5.73 Å². The molecule has 0 spiro atoms. The predicted octanol–water partition coefficient (Wildman–Crippen LogP) is 0.910. The second-order valence-corrected chi connectivity index (χ2v) is 6.53. The van der Waals surface area contributed by atoms with Crippen LogP contribution in [0.25, 0.3) is 0 Å². The van der Waals surface area contributed by atoms with Gasteiger partial charge in [-0.1, -0.05) is 0 Å². The van der Waals surface area contributed by atoms with Gasteiger partial charge < -0.3 is 10.5 Å². The maximum atomic E-state index is 11.8. The highest BCUT2D eigenvalue weighted by atomic mass is 32.2. The first-order chi connectivity index (χ1) is 7.95. The number of rotatable bonds is 7. The Hall–Kier alpha value is -0.470. The van der Waals surface area contributed by atoms with Crippen LogP contribution < -0.4 is 10.5 Å². The van der Waals surface area contributed by atoms with Gasteiger partial charge in [-0.15, -0.1) is 11.3 Å². The molecule has 1 heterocycles. The Bertz CT molecular complexity index is 440. The van der Waals surface area contributed by atoms with Crippen LogP contribution in [0.4, 0.5) is 0 Å². The highest BCUT2D eigenvalue weighted by Crippen LogP contribution is 2.18. The van der Waals surface area contributed by atoms with Crippen molar-refractivity contribution in [1.82, 2.24) is 4.72 Å². The second kappa shape index (κ2) is 6.46. The summed E-state index contributed by atoms with van der Waals surface area (Å²) in [6.07, 6.45) is 0.101. The van der Waals surface area contributed by atoms with Gasteiger partial charge in [-0.25, -0.2) is 13.1 Å². The van der Waals surface area contributed by atoms with Gasteiger partial charge in [0, 0.05) is 23.3 Å². The van der Waals surface area contributed by atoms with E-state index in [4.69, 9.17) is 10.5 Å². The van der Waals surface area contributed by atoms with E-state index in [-0.39, 0.29) is 17.5 Å². The summed E-state index contributed by atoms with van der Waals surface area (Å²) in [7, 11) is -3.42. The molecule has 0 atom stereocenters. The van der Waals surface area contributed by atoms with Crippen LogP contribution in [0.2, 0.25) is 0 Å². The topological polar surface area (TPSA) is 81.4 Å². The molecule has 0 aliphatic carbocycles. The minimum atomic E-state index is -3.42. The molecule has 0 aromatic carbocycles. The highest BCUT2D eigenvalue weighted by molar-refractivity contribution is 7.89. The fourth-order valence-electron chi connectivity index (χ4n) is 1.16. The molecule has 98 valence electrons. The molecule has 0 saturated carbocycles. The number of hydrogen-bond acceptors (Lipinski definition) is 5. The molecule has 0 amide bonds. The summed E-state index contributed by atoms with van der Waals surface area (Å²) in [5.74, 6) is 0. The van der Waals surface area contributed by atoms with E-state index in [0.29, 0.717) is 13.2 Å². The van der Waals surface area contributed by atoms with Crippen molar-refractivity contribution in [3.8, 4) is 0 Å². The standard InChI is InChI=1S/C10H18N2O3S2/c1-8(2)15-4-3-12-17(13,14)10-5-9(6-11)16-7-10/h5,7-8,12H,3-4,6,11H2,1-2H3. The molecule has 0 aliphatic heterocycles. The SMILES string of the molecule is CC(C)OCCNS(=O)(=O)c1csc(CN)c1. The molecule has 0 bridgehead atoms.